The summed E-state index contributed by atoms with van der Waals surface area (Å²) < 4.78 is 6.19. The molecule has 0 spiro atoms. The zero-order chi connectivity index (χ0) is 17.2. The van der Waals surface area contributed by atoms with Crippen LogP contribution in [-0.2, 0) is 13.0 Å². The second-order valence-electron chi connectivity index (χ2n) is 7.27. The Kier molecular flexibility index (Phi) is 4.57. The number of hydrogen-bond donors (Lipinski definition) is 1. The molecule has 2 aromatic rings. The second kappa shape index (κ2) is 7.00. The van der Waals surface area contributed by atoms with Gasteiger partial charge in [0.1, 0.15) is 5.75 Å². The summed E-state index contributed by atoms with van der Waals surface area (Å²) in [5, 5.41) is 3.41. The van der Waals surface area contributed by atoms with Crippen molar-refractivity contribution in [1.29, 1.82) is 0 Å². The third-order valence-electron chi connectivity index (χ3n) is 5.15. The minimum absolute atomic E-state index is 0.705. The number of aromatic nitrogens is 2. The number of nitrogens with one attached hydrogen (secondary N) is 1. The number of piperidine rings is 1. The molecule has 1 fully saturated rings. The molecule has 1 N–H and O–H groups in total. The van der Waals surface area contributed by atoms with Gasteiger partial charge in [0, 0.05) is 32.6 Å². The lowest BCUT2D eigenvalue weighted by molar-refractivity contribution is 0.423. The summed E-state index contributed by atoms with van der Waals surface area (Å²) in [6.07, 6.45) is 3.34. The summed E-state index contributed by atoms with van der Waals surface area (Å²) in [5.74, 6) is 3.16. The van der Waals surface area contributed by atoms with E-state index in [2.05, 4.69) is 30.1 Å². The summed E-state index contributed by atoms with van der Waals surface area (Å²) in [7, 11) is 0. The molecule has 1 saturated heterocycles. The Labute approximate surface area is 149 Å². The van der Waals surface area contributed by atoms with Crippen molar-refractivity contribution in [2.24, 2.45) is 5.92 Å². The molecular formula is C20H26N4O. The van der Waals surface area contributed by atoms with E-state index in [0.29, 0.717) is 5.88 Å². The van der Waals surface area contributed by atoms with Crippen molar-refractivity contribution < 1.29 is 4.74 Å². The fraction of sp³-hybridized carbons (Fsp3) is 0.500. The average Bonchev–Trinajstić information content (AvgIpc) is 2.62. The third-order valence-corrected chi connectivity index (χ3v) is 5.15. The van der Waals surface area contributed by atoms with Gasteiger partial charge in [-0.2, -0.15) is 4.98 Å². The van der Waals surface area contributed by atoms with Gasteiger partial charge in [0.15, 0.2) is 0 Å². The third kappa shape index (κ3) is 3.61. The van der Waals surface area contributed by atoms with E-state index in [1.807, 2.05) is 18.2 Å². The Morgan fingerprint density at radius 3 is 2.84 bits per heavy atom. The van der Waals surface area contributed by atoms with Crippen LogP contribution in [0.3, 0.4) is 0 Å². The maximum Gasteiger partial charge on any atom is 0.228 e. The first-order chi connectivity index (χ1) is 12.2. The molecule has 0 unspecified atom stereocenters. The smallest absolute Gasteiger partial charge is 0.228 e. The average molecular weight is 338 g/mol. The highest BCUT2D eigenvalue weighted by molar-refractivity contribution is 5.44. The van der Waals surface area contributed by atoms with Crippen LogP contribution in [0.4, 0.5) is 5.95 Å². The predicted octanol–water partition coefficient (Wildman–Crippen LogP) is 3.46. The molecule has 5 heteroatoms. The van der Waals surface area contributed by atoms with Crippen molar-refractivity contribution in [3.05, 3.63) is 41.1 Å². The van der Waals surface area contributed by atoms with Gasteiger partial charge in [0.05, 0.1) is 11.3 Å². The molecular weight excluding hydrogens is 312 g/mol. The maximum atomic E-state index is 6.19. The minimum atomic E-state index is 0.705. The van der Waals surface area contributed by atoms with E-state index in [1.54, 1.807) is 0 Å². The molecule has 0 amide bonds. The molecule has 2 aliphatic rings. The van der Waals surface area contributed by atoms with Gasteiger partial charge in [-0.05, 0) is 43.4 Å². The summed E-state index contributed by atoms with van der Waals surface area (Å²) in [6.45, 7) is 8.19. The van der Waals surface area contributed by atoms with Gasteiger partial charge in [-0.25, -0.2) is 4.98 Å². The Hall–Kier alpha value is -2.14. The van der Waals surface area contributed by atoms with Gasteiger partial charge in [0.25, 0.3) is 0 Å². The van der Waals surface area contributed by atoms with Gasteiger partial charge < -0.3 is 15.0 Å². The molecule has 0 bridgehead atoms. The molecule has 0 aliphatic carbocycles. The van der Waals surface area contributed by atoms with Crippen LogP contribution in [0.2, 0.25) is 0 Å². The first-order valence-electron chi connectivity index (χ1n) is 9.29. The minimum Gasteiger partial charge on any atom is -0.438 e. The molecule has 132 valence electrons. The van der Waals surface area contributed by atoms with E-state index in [9.17, 15) is 0 Å². The van der Waals surface area contributed by atoms with E-state index in [4.69, 9.17) is 14.7 Å². The molecule has 1 aromatic heterocycles. The van der Waals surface area contributed by atoms with E-state index >= 15 is 0 Å². The zero-order valence-corrected chi connectivity index (χ0v) is 15.1. The van der Waals surface area contributed by atoms with Crippen molar-refractivity contribution in [2.75, 3.05) is 24.5 Å². The van der Waals surface area contributed by atoms with E-state index in [0.717, 1.165) is 61.5 Å². The van der Waals surface area contributed by atoms with Crippen molar-refractivity contribution in [3.63, 3.8) is 0 Å². The molecule has 3 heterocycles. The van der Waals surface area contributed by atoms with E-state index in [-0.39, 0.29) is 0 Å². The van der Waals surface area contributed by atoms with Crippen LogP contribution in [-0.4, -0.2) is 29.6 Å². The van der Waals surface area contributed by atoms with Gasteiger partial charge in [-0.15, -0.1) is 0 Å². The lowest BCUT2D eigenvalue weighted by Crippen LogP contribution is -2.35. The van der Waals surface area contributed by atoms with Gasteiger partial charge >= 0.3 is 0 Å². The summed E-state index contributed by atoms with van der Waals surface area (Å²) >= 11 is 0. The molecule has 2 aliphatic heterocycles. The molecule has 0 radical (unpaired) electrons. The normalized spacial score (nSPS) is 18.1. The van der Waals surface area contributed by atoms with Gasteiger partial charge in [0.2, 0.25) is 11.8 Å². The largest absolute Gasteiger partial charge is 0.438 e. The molecule has 1 aromatic carbocycles. The molecule has 0 saturated carbocycles. The Balaban J connectivity index is 1.67. The fourth-order valence-corrected chi connectivity index (χ4v) is 3.52. The van der Waals surface area contributed by atoms with Crippen molar-refractivity contribution in [2.45, 2.75) is 39.7 Å². The van der Waals surface area contributed by atoms with Crippen LogP contribution in [0.5, 0.6) is 11.6 Å². The number of rotatable bonds is 3. The number of aryl methyl sites for hydroxylation is 1. The zero-order valence-electron chi connectivity index (χ0n) is 15.1. The van der Waals surface area contributed by atoms with Crippen molar-refractivity contribution in [3.8, 4) is 11.6 Å². The maximum absolute atomic E-state index is 6.19. The van der Waals surface area contributed by atoms with Crippen LogP contribution in [0.25, 0.3) is 0 Å². The number of ether oxygens (including phenoxy) is 1. The van der Waals surface area contributed by atoms with E-state index < -0.39 is 0 Å². The summed E-state index contributed by atoms with van der Waals surface area (Å²) in [6, 6.07) is 8.13. The fourth-order valence-electron chi connectivity index (χ4n) is 3.52. The Morgan fingerprint density at radius 2 is 2.04 bits per heavy atom. The van der Waals surface area contributed by atoms with Crippen LogP contribution in [0, 0.1) is 12.8 Å². The quantitative estimate of drug-likeness (QED) is 0.929. The first kappa shape index (κ1) is 16.3. The second-order valence-corrected chi connectivity index (χ2v) is 7.27. The van der Waals surface area contributed by atoms with Gasteiger partial charge in [-0.1, -0.05) is 19.1 Å². The Morgan fingerprint density at radius 1 is 1.20 bits per heavy atom. The SMILES string of the molecule is Cc1cccc(Oc2nc(N3CCC(C)CC3)nc3c2CNCC3)c1. The topological polar surface area (TPSA) is 50.3 Å². The van der Waals surface area contributed by atoms with Crippen LogP contribution < -0.4 is 15.0 Å². The van der Waals surface area contributed by atoms with Gasteiger partial charge in [-0.3, -0.25) is 0 Å². The first-order valence-corrected chi connectivity index (χ1v) is 9.29. The molecule has 4 rings (SSSR count). The summed E-state index contributed by atoms with van der Waals surface area (Å²) in [4.78, 5) is 12.0. The molecule has 25 heavy (non-hydrogen) atoms. The highest BCUT2D eigenvalue weighted by Crippen LogP contribution is 2.30. The Bertz CT molecular complexity index is 753. The number of anilines is 1. The van der Waals surface area contributed by atoms with Crippen molar-refractivity contribution >= 4 is 5.95 Å². The van der Waals surface area contributed by atoms with Crippen LogP contribution in [0.1, 0.15) is 36.6 Å². The van der Waals surface area contributed by atoms with Crippen molar-refractivity contribution in [1.82, 2.24) is 15.3 Å². The van der Waals surface area contributed by atoms with E-state index in [1.165, 1.54) is 18.4 Å². The standard InChI is InChI=1S/C20H26N4O/c1-14-7-10-24(11-8-14)20-22-18-6-9-21-13-17(18)19(23-20)25-16-5-3-4-15(2)12-16/h3-5,12,14,21H,6-11,13H2,1-2H3. The number of benzene rings is 1. The molecule has 5 nitrogen and oxygen atoms in total. The highest BCUT2D eigenvalue weighted by atomic mass is 16.5. The lowest BCUT2D eigenvalue weighted by Gasteiger charge is -2.31. The van der Waals surface area contributed by atoms with Crippen LogP contribution in [0.15, 0.2) is 24.3 Å². The number of fused-ring (bicyclic) bond motifs is 1. The highest BCUT2D eigenvalue weighted by Gasteiger charge is 2.24. The predicted molar refractivity (Wildman–Crippen MR) is 99.3 cm³/mol. The van der Waals surface area contributed by atoms with Crippen LogP contribution >= 0.6 is 0 Å². The molecule has 0 atom stereocenters. The monoisotopic (exact) mass is 338 g/mol. The lowest BCUT2D eigenvalue weighted by atomic mass is 9.99. The number of nitrogens with zero attached hydrogens (tertiary/aromatic N) is 3. The summed E-state index contributed by atoms with van der Waals surface area (Å²) in [5.41, 5.74) is 3.41. The number of hydrogen-bond acceptors (Lipinski definition) is 5.